The number of amides is 1. The van der Waals surface area contributed by atoms with Crippen molar-refractivity contribution in [3.63, 3.8) is 0 Å². The summed E-state index contributed by atoms with van der Waals surface area (Å²) in [6.45, 7) is 8.54. The number of ether oxygens (including phenoxy) is 1. The molecule has 1 heterocycles. The largest absolute Gasteiger partial charge is 0.494 e. The maximum absolute atomic E-state index is 12.3. The highest BCUT2D eigenvalue weighted by Crippen LogP contribution is 2.16. The average Bonchev–Trinajstić information content (AvgIpc) is 2.48. The molecule has 2 aromatic rings. The smallest absolute Gasteiger partial charge is 0.274 e. The highest BCUT2D eigenvalue weighted by molar-refractivity contribution is 6.02. The molecule has 1 aromatic carbocycles. The van der Waals surface area contributed by atoms with Gasteiger partial charge in [0.15, 0.2) is 0 Å². The van der Waals surface area contributed by atoms with E-state index in [1.807, 2.05) is 39.8 Å². The lowest BCUT2D eigenvalue weighted by Crippen LogP contribution is -2.28. The van der Waals surface area contributed by atoms with Crippen molar-refractivity contribution in [1.82, 2.24) is 9.97 Å². The van der Waals surface area contributed by atoms with Crippen LogP contribution in [0.4, 0.5) is 11.6 Å². The van der Waals surface area contributed by atoms with Gasteiger partial charge in [-0.3, -0.25) is 4.79 Å². The van der Waals surface area contributed by atoms with Crippen molar-refractivity contribution in [1.29, 1.82) is 0 Å². The van der Waals surface area contributed by atoms with Crippen molar-refractivity contribution in [3.05, 3.63) is 42.2 Å². The normalized spacial score (nSPS) is 11.0. The lowest BCUT2D eigenvalue weighted by Gasteiger charge is -2.20. The van der Waals surface area contributed by atoms with E-state index in [1.54, 1.807) is 24.4 Å². The molecule has 2 N–H and O–H groups in total. The Morgan fingerprint density at radius 3 is 2.48 bits per heavy atom. The van der Waals surface area contributed by atoms with Gasteiger partial charge in [-0.15, -0.1) is 0 Å². The molecule has 23 heavy (non-hydrogen) atoms. The first-order valence-corrected chi connectivity index (χ1v) is 7.53. The molecule has 0 aliphatic carbocycles. The van der Waals surface area contributed by atoms with Gasteiger partial charge in [0.25, 0.3) is 5.91 Å². The Morgan fingerprint density at radius 1 is 1.17 bits per heavy atom. The Balaban J connectivity index is 2.07. The number of carbonyl (C=O) groups excluding carboxylic acids is 1. The molecule has 0 unspecified atom stereocenters. The lowest BCUT2D eigenvalue weighted by atomic mass is 10.1. The topological polar surface area (TPSA) is 76.1 Å². The van der Waals surface area contributed by atoms with E-state index >= 15 is 0 Å². The lowest BCUT2D eigenvalue weighted by molar-refractivity contribution is 0.102. The van der Waals surface area contributed by atoms with Crippen molar-refractivity contribution >= 4 is 17.5 Å². The summed E-state index contributed by atoms with van der Waals surface area (Å²) in [6.07, 6.45) is 1.56. The molecule has 6 nitrogen and oxygen atoms in total. The number of rotatable bonds is 5. The van der Waals surface area contributed by atoms with E-state index in [1.165, 1.54) is 0 Å². The van der Waals surface area contributed by atoms with Crippen molar-refractivity contribution in [2.45, 2.75) is 33.2 Å². The van der Waals surface area contributed by atoms with Gasteiger partial charge < -0.3 is 15.4 Å². The van der Waals surface area contributed by atoms with Crippen LogP contribution in [-0.4, -0.2) is 28.0 Å². The Morgan fingerprint density at radius 2 is 1.87 bits per heavy atom. The van der Waals surface area contributed by atoms with Crippen molar-refractivity contribution in [2.24, 2.45) is 0 Å². The van der Waals surface area contributed by atoms with Gasteiger partial charge >= 0.3 is 0 Å². The minimum Gasteiger partial charge on any atom is -0.494 e. The summed E-state index contributed by atoms with van der Waals surface area (Å²) in [5, 5.41) is 5.95. The molecular formula is C17H22N4O2. The second-order valence-corrected chi connectivity index (χ2v) is 6.05. The molecule has 0 spiro atoms. The van der Waals surface area contributed by atoms with Gasteiger partial charge in [-0.25, -0.2) is 9.97 Å². The number of nitrogens with zero attached hydrogens (tertiary/aromatic N) is 2. The molecule has 0 fully saturated rings. The summed E-state index contributed by atoms with van der Waals surface area (Å²) in [5.74, 6) is 0.912. The number of hydrogen-bond acceptors (Lipinski definition) is 5. The molecule has 1 aromatic heterocycles. The number of hydrogen-bond donors (Lipinski definition) is 2. The molecule has 0 saturated carbocycles. The molecule has 2 rings (SSSR count). The van der Waals surface area contributed by atoms with Crippen molar-refractivity contribution < 1.29 is 9.53 Å². The maximum atomic E-state index is 12.3. The maximum Gasteiger partial charge on any atom is 0.274 e. The predicted molar refractivity (Wildman–Crippen MR) is 91.0 cm³/mol. The van der Waals surface area contributed by atoms with E-state index in [4.69, 9.17) is 4.74 Å². The zero-order valence-corrected chi connectivity index (χ0v) is 13.9. The SMILES string of the molecule is CCOc1ccc(NC(=O)c2ccnc(NC(C)(C)C)n2)cc1. The Labute approximate surface area is 136 Å². The first-order chi connectivity index (χ1) is 10.9. The van der Waals surface area contributed by atoms with Gasteiger partial charge in [-0.2, -0.15) is 0 Å². The highest BCUT2D eigenvalue weighted by Gasteiger charge is 2.14. The minimum atomic E-state index is -0.284. The second kappa shape index (κ2) is 7.09. The van der Waals surface area contributed by atoms with Crippen molar-refractivity contribution in [2.75, 3.05) is 17.2 Å². The molecule has 1 amide bonds. The molecule has 0 atom stereocenters. The van der Waals surface area contributed by atoms with Gasteiger partial charge in [0.05, 0.1) is 6.61 Å². The average molecular weight is 314 g/mol. The van der Waals surface area contributed by atoms with Gasteiger partial charge in [-0.1, -0.05) is 0 Å². The quantitative estimate of drug-likeness (QED) is 0.885. The van der Waals surface area contributed by atoms with Crippen LogP contribution in [0.5, 0.6) is 5.75 Å². The molecule has 0 bridgehead atoms. The number of benzene rings is 1. The fourth-order valence-electron chi connectivity index (χ4n) is 1.88. The summed E-state index contributed by atoms with van der Waals surface area (Å²) >= 11 is 0. The molecule has 0 saturated heterocycles. The Bertz CT molecular complexity index is 663. The van der Waals surface area contributed by atoms with E-state index in [0.717, 1.165) is 5.75 Å². The number of carbonyl (C=O) groups is 1. The van der Waals surface area contributed by atoms with Gasteiger partial charge in [0.2, 0.25) is 5.95 Å². The van der Waals surface area contributed by atoms with Crippen LogP contribution in [0.25, 0.3) is 0 Å². The first kappa shape index (κ1) is 16.7. The van der Waals surface area contributed by atoms with Crippen LogP contribution < -0.4 is 15.4 Å². The first-order valence-electron chi connectivity index (χ1n) is 7.53. The van der Waals surface area contributed by atoms with Crippen molar-refractivity contribution in [3.8, 4) is 5.75 Å². The standard InChI is InChI=1S/C17H22N4O2/c1-5-23-13-8-6-12(7-9-13)19-15(22)14-10-11-18-16(20-14)21-17(2,3)4/h6-11H,5H2,1-4H3,(H,19,22)(H,18,20,21). The van der Waals surface area contributed by atoms with E-state index in [-0.39, 0.29) is 11.4 Å². The van der Waals surface area contributed by atoms with E-state index in [0.29, 0.717) is 23.9 Å². The van der Waals surface area contributed by atoms with Crippen LogP contribution in [-0.2, 0) is 0 Å². The fraction of sp³-hybridized carbons (Fsp3) is 0.353. The summed E-state index contributed by atoms with van der Waals surface area (Å²) in [6, 6.07) is 8.78. The van der Waals surface area contributed by atoms with E-state index in [9.17, 15) is 4.79 Å². The second-order valence-electron chi connectivity index (χ2n) is 6.05. The number of aromatic nitrogens is 2. The third-order valence-corrected chi connectivity index (χ3v) is 2.80. The zero-order valence-electron chi connectivity index (χ0n) is 13.9. The van der Waals surface area contributed by atoms with Gasteiger partial charge in [-0.05, 0) is 58.0 Å². The molecular weight excluding hydrogens is 292 g/mol. The third kappa shape index (κ3) is 5.25. The molecule has 6 heteroatoms. The molecule has 0 radical (unpaired) electrons. The number of nitrogens with one attached hydrogen (secondary N) is 2. The summed E-state index contributed by atoms with van der Waals surface area (Å²) < 4.78 is 5.37. The van der Waals surface area contributed by atoms with Crippen LogP contribution >= 0.6 is 0 Å². The fourth-order valence-corrected chi connectivity index (χ4v) is 1.88. The molecule has 0 aliphatic rings. The van der Waals surface area contributed by atoms with Crippen LogP contribution in [0, 0.1) is 0 Å². The molecule has 0 aliphatic heterocycles. The van der Waals surface area contributed by atoms with Crippen LogP contribution in [0.1, 0.15) is 38.2 Å². The van der Waals surface area contributed by atoms with E-state index in [2.05, 4.69) is 20.6 Å². The Kier molecular flexibility index (Phi) is 5.16. The van der Waals surface area contributed by atoms with Crippen LogP contribution in [0.15, 0.2) is 36.5 Å². The summed E-state index contributed by atoms with van der Waals surface area (Å²) in [5.41, 5.74) is 0.813. The highest BCUT2D eigenvalue weighted by atomic mass is 16.5. The third-order valence-electron chi connectivity index (χ3n) is 2.80. The molecule has 122 valence electrons. The van der Waals surface area contributed by atoms with Gasteiger partial charge in [0, 0.05) is 17.4 Å². The monoisotopic (exact) mass is 314 g/mol. The number of anilines is 2. The Hall–Kier alpha value is -2.63. The summed E-state index contributed by atoms with van der Waals surface area (Å²) in [7, 11) is 0. The predicted octanol–water partition coefficient (Wildman–Crippen LogP) is 3.34. The summed E-state index contributed by atoms with van der Waals surface area (Å²) in [4.78, 5) is 20.7. The van der Waals surface area contributed by atoms with Crippen LogP contribution in [0.3, 0.4) is 0 Å². The zero-order chi connectivity index (χ0) is 16.9. The van der Waals surface area contributed by atoms with E-state index < -0.39 is 0 Å². The van der Waals surface area contributed by atoms with Gasteiger partial charge in [0.1, 0.15) is 11.4 Å². The minimum absolute atomic E-state index is 0.176. The van der Waals surface area contributed by atoms with Crippen LogP contribution in [0.2, 0.25) is 0 Å².